The first-order chi connectivity index (χ1) is 12.3. The van der Waals surface area contributed by atoms with Gasteiger partial charge in [0.05, 0.1) is 6.61 Å². The first-order valence-corrected chi connectivity index (χ1v) is 8.12. The molecule has 0 saturated heterocycles. The van der Waals surface area contributed by atoms with E-state index in [0.29, 0.717) is 22.9 Å². The zero-order chi connectivity index (χ0) is 17.2. The van der Waals surface area contributed by atoms with Crippen LogP contribution < -0.4 is 15.4 Å². The second kappa shape index (κ2) is 6.28. The number of hydrogen-bond acceptors (Lipinski definition) is 4. The highest BCUT2D eigenvalue weighted by Crippen LogP contribution is 2.23. The molecule has 0 aliphatic heterocycles. The van der Waals surface area contributed by atoms with Crippen molar-refractivity contribution in [3.8, 4) is 5.75 Å². The summed E-state index contributed by atoms with van der Waals surface area (Å²) in [5, 5.41) is 24.7. The average molecular weight is 331 g/mol. The van der Waals surface area contributed by atoms with Crippen molar-refractivity contribution in [2.45, 2.75) is 6.92 Å². The predicted octanol–water partition coefficient (Wildman–Crippen LogP) is 2.35. The van der Waals surface area contributed by atoms with Gasteiger partial charge in [-0.15, -0.1) is 5.10 Å². The van der Waals surface area contributed by atoms with E-state index in [1.807, 2.05) is 67.6 Å². The minimum absolute atomic E-state index is 0.122. The number of benzene rings is 2. The number of aliphatic hydroxyl groups is 1. The fourth-order valence-electron chi connectivity index (χ4n) is 2.90. The molecule has 0 unspecified atom stereocenters. The molecule has 2 N–H and O–H groups in total. The lowest BCUT2D eigenvalue weighted by Crippen LogP contribution is -2.29. The van der Waals surface area contributed by atoms with Crippen LogP contribution in [0.5, 0.6) is 5.75 Å². The van der Waals surface area contributed by atoms with Gasteiger partial charge in [0, 0.05) is 11.1 Å². The molecule has 25 heavy (non-hydrogen) atoms. The van der Waals surface area contributed by atoms with Gasteiger partial charge in [-0.05, 0) is 35.9 Å². The molecule has 5 heteroatoms. The second-order valence-electron chi connectivity index (χ2n) is 5.71. The summed E-state index contributed by atoms with van der Waals surface area (Å²) in [7, 11) is 0. The Labute approximate surface area is 144 Å². The number of allylic oxidation sites excluding steroid dienone is 4. The molecule has 0 atom stereocenters. The van der Waals surface area contributed by atoms with Crippen molar-refractivity contribution >= 4 is 22.1 Å². The number of nitrogens with zero attached hydrogens (tertiary/aromatic N) is 2. The van der Waals surface area contributed by atoms with E-state index >= 15 is 0 Å². The fourth-order valence-corrected chi connectivity index (χ4v) is 2.90. The molecule has 0 radical (unpaired) electrons. The number of H-pyrrole nitrogens is 1. The van der Waals surface area contributed by atoms with Gasteiger partial charge in [0.25, 0.3) is 0 Å². The summed E-state index contributed by atoms with van der Waals surface area (Å²) in [4.78, 5) is 0. The van der Waals surface area contributed by atoms with Crippen molar-refractivity contribution in [3.63, 3.8) is 0 Å². The van der Waals surface area contributed by atoms with Crippen LogP contribution in [-0.4, -0.2) is 27.1 Å². The van der Waals surface area contributed by atoms with E-state index in [1.165, 1.54) is 0 Å². The Morgan fingerprint density at radius 3 is 2.64 bits per heavy atom. The Kier molecular flexibility index (Phi) is 3.82. The van der Waals surface area contributed by atoms with E-state index in [4.69, 9.17) is 4.74 Å². The van der Waals surface area contributed by atoms with Crippen LogP contribution in [0.3, 0.4) is 0 Å². The van der Waals surface area contributed by atoms with Gasteiger partial charge in [-0.25, -0.2) is 0 Å². The van der Waals surface area contributed by atoms with E-state index in [-0.39, 0.29) is 5.76 Å². The minimum Gasteiger partial charge on any atom is -0.505 e. The molecular formula is C20H17N3O2. The number of ether oxygens (including phenoxy) is 1. The maximum Gasteiger partial charge on any atom is 0.150 e. The molecule has 1 aliphatic carbocycles. The van der Waals surface area contributed by atoms with Gasteiger partial charge >= 0.3 is 0 Å². The molecule has 1 heterocycles. The van der Waals surface area contributed by atoms with Crippen molar-refractivity contribution in [2.75, 3.05) is 6.61 Å². The van der Waals surface area contributed by atoms with Gasteiger partial charge in [0.2, 0.25) is 0 Å². The van der Waals surface area contributed by atoms with E-state index < -0.39 is 0 Å². The van der Waals surface area contributed by atoms with Crippen molar-refractivity contribution in [2.24, 2.45) is 0 Å². The normalized spacial score (nSPS) is 14.4. The molecule has 0 saturated carbocycles. The van der Waals surface area contributed by atoms with Gasteiger partial charge in [0.15, 0.2) is 0 Å². The lowest BCUT2D eigenvalue weighted by Gasteiger charge is -2.06. The Bertz CT molecular complexity index is 1110. The average Bonchev–Trinajstić information content (AvgIpc) is 3.32. The van der Waals surface area contributed by atoms with E-state index in [9.17, 15) is 5.11 Å². The van der Waals surface area contributed by atoms with E-state index in [2.05, 4.69) is 15.4 Å². The summed E-state index contributed by atoms with van der Waals surface area (Å²) >= 11 is 0. The molecule has 4 rings (SSSR count). The smallest absolute Gasteiger partial charge is 0.150 e. The third-order valence-corrected chi connectivity index (χ3v) is 4.12. The first-order valence-electron chi connectivity index (χ1n) is 8.12. The van der Waals surface area contributed by atoms with Gasteiger partial charge in [-0.1, -0.05) is 47.7 Å². The van der Waals surface area contributed by atoms with Crippen LogP contribution in [0.1, 0.15) is 12.5 Å². The molecule has 0 bridgehead atoms. The molecule has 124 valence electrons. The summed E-state index contributed by atoms with van der Waals surface area (Å²) in [5.74, 6) is 0.962. The number of aromatic amines is 1. The number of fused-ring (bicyclic) bond motifs is 1. The van der Waals surface area contributed by atoms with Crippen LogP contribution in [0, 0.1) is 0 Å². The molecule has 5 nitrogen and oxygen atoms in total. The molecule has 0 spiro atoms. The summed E-state index contributed by atoms with van der Waals surface area (Å²) in [6, 6.07) is 11.7. The Morgan fingerprint density at radius 2 is 1.84 bits per heavy atom. The number of nitrogens with one attached hydrogen (secondary N) is 1. The lowest BCUT2D eigenvalue weighted by molar-refractivity contribution is 0.341. The quantitative estimate of drug-likeness (QED) is 0.773. The number of rotatable bonds is 3. The maximum atomic E-state index is 10.7. The van der Waals surface area contributed by atoms with Crippen LogP contribution in [0.15, 0.2) is 60.7 Å². The maximum absolute atomic E-state index is 10.7. The van der Waals surface area contributed by atoms with E-state index in [0.717, 1.165) is 22.1 Å². The topological polar surface area (TPSA) is 71.0 Å². The van der Waals surface area contributed by atoms with Crippen molar-refractivity contribution in [1.29, 1.82) is 0 Å². The second-order valence-corrected chi connectivity index (χ2v) is 5.71. The Morgan fingerprint density at radius 1 is 1.08 bits per heavy atom. The predicted molar refractivity (Wildman–Crippen MR) is 97.6 cm³/mol. The minimum atomic E-state index is 0.122. The number of aromatic nitrogens is 3. The van der Waals surface area contributed by atoms with E-state index in [1.54, 1.807) is 0 Å². The fraction of sp³-hybridized carbons (Fsp3) is 0.100. The lowest BCUT2D eigenvalue weighted by atomic mass is 10.1. The van der Waals surface area contributed by atoms with Crippen LogP contribution >= 0.6 is 0 Å². The highest BCUT2D eigenvalue weighted by molar-refractivity contribution is 5.86. The molecule has 0 amide bonds. The monoisotopic (exact) mass is 331 g/mol. The number of hydrogen-bond donors (Lipinski definition) is 2. The van der Waals surface area contributed by atoms with Crippen molar-refractivity contribution in [1.82, 2.24) is 15.4 Å². The highest BCUT2D eigenvalue weighted by atomic mass is 16.5. The Hall–Kier alpha value is -3.34. The standard InChI is InChI=1S/C20H17N3O2/c1-2-25-17-10-9-14-11-16(8-7-15(14)12-17)20(24)19-18(21-23-22-19)13-5-3-4-6-13/h3-12,24H,2H2,1H3,(H,21,22)/b20-19+. The first kappa shape index (κ1) is 15.2. The van der Waals surface area contributed by atoms with Crippen molar-refractivity contribution < 1.29 is 9.84 Å². The molecular weight excluding hydrogens is 314 g/mol. The van der Waals surface area contributed by atoms with Crippen molar-refractivity contribution in [3.05, 3.63) is 77.0 Å². The third-order valence-electron chi connectivity index (χ3n) is 4.12. The third kappa shape index (κ3) is 2.80. The zero-order valence-electron chi connectivity index (χ0n) is 13.7. The zero-order valence-corrected chi connectivity index (χ0v) is 13.7. The SMILES string of the molecule is CCOc1ccc2cc(/C(O)=c3\[nH]nnc3=C3C=CC=C3)ccc2c1. The Balaban J connectivity index is 1.87. The highest BCUT2D eigenvalue weighted by Gasteiger charge is 2.08. The van der Waals surface area contributed by atoms with Crippen LogP contribution in [0.4, 0.5) is 0 Å². The van der Waals surface area contributed by atoms with Crippen LogP contribution in [0.25, 0.3) is 22.1 Å². The van der Waals surface area contributed by atoms with Gasteiger partial charge in [-0.3, -0.25) is 5.10 Å². The van der Waals surface area contributed by atoms with Crippen LogP contribution in [-0.2, 0) is 0 Å². The molecule has 3 aromatic rings. The summed E-state index contributed by atoms with van der Waals surface area (Å²) in [6.07, 6.45) is 7.72. The summed E-state index contributed by atoms with van der Waals surface area (Å²) in [6.45, 7) is 2.60. The molecule has 1 aromatic heterocycles. The molecule has 0 fully saturated rings. The summed E-state index contributed by atoms with van der Waals surface area (Å²) in [5.41, 5.74) is 1.62. The van der Waals surface area contributed by atoms with Gasteiger partial charge in [0.1, 0.15) is 22.2 Å². The van der Waals surface area contributed by atoms with Crippen LogP contribution in [0.2, 0.25) is 0 Å². The molecule has 2 aromatic carbocycles. The summed E-state index contributed by atoms with van der Waals surface area (Å²) < 4.78 is 5.53. The molecule has 1 aliphatic rings. The number of aliphatic hydroxyl groups excluding tert-OH is 1. The van der Waals surface area contributed by atoms with Gasteiger partial charge < -0.3 is 9.84 Å². The largest absolute Gasteiger partial charge is 0.505 e. The van der Waals surface area contributed by atoms with Gasteiger partial charge in [-0.2, -0.15) is 0 Å².